The van der Waals surface area contributed by atoms with E-state index < -0.39 is 0 Å². The predicted octanol–water partition coefficient (Wildman–Crippen LogP) is 4.46. The van der Waals surface area contributed by atoms with Crippen molar-refractivity contribution in [2.24, 2.45) is 0 Å². The lowest BCUT2D eigenvalue weighted by Gasteiger charge is -2.28. The standard InChI is InChI=1S/C22H29N5O/c28-21(17-15-23-22(24-16-17)26-18-7-3-1-4-8-18)25-19-9-11-20(12-10-19)27-13-5-2-6-14-27/h9-12,15-16,18H,1-8,13-14H2,(H,25,28)(H,23,24,26). The molecule has 1 aromatic heterocycles. The van der Waals surface area contributed by atoms with Gasteiger partial charge in [-0.3, -0.25) is 4.79 Å². The van der Waals surface area contributed by atoms with E-state index >= 15 is 0 Å². The molecule has 2 N–H and O–H groups in total. The third-order valence-corrected chi connectivity index (χ3v) is 5.70. The van der Waals surface area contributed by atoms with E-state index in [0.29, 0.717) is 17.6 Å². The summed E-state index contributed by atoms with van der Waals surface area (Å²) < 4.78 is 0. The summed E-state index contributed by atoms with van der Waals surface area (Å²) >= 11 is 0. The largest absolute Gasteiger partial charge is 0.372 e. The summed E-state index contributed by atoms with van der Waals surface area (Å²) in [7, 11) is 0. The topological polar surface area (TPSA) is 70.2 Å². The minimum atomic E-state index is -0.185. The van der Waals surface area contributed by atoms with E-state index in [-0.39, 0.29) is 5.91 Å². The van der Waals surface area contributed by atoms with Crippen molar-refractivity contribution in [2.75, 3.05) is 28.6 Å². The Morgan fingerprint density at radius 3 is 2.21 bits per heavy atom. The molecule has 28 heavy (non-hydrogen) atoms. The number of hydrogen-bond acceptors (Lipinski definition) is 5. The van der Waals surface area contributed by atoms with E-state index in [1.807, 2.05) is 12.1 Å². The fraction of sp³-hybridized carbons (Fsp3) is 0.500. The highest BCUT2D eigenvalue weighted by Crippen LogP contribution is 2.22. The van der Waals surface area contributed by atoms with E-state index in [4.69, 9.17) is 0 Å². The lowest BCUT2D eigenvalue weighted by molar-refractivity contribution is 0.102. The molecule has 1 amide bonds. The van der Waals surface area contributed by atoms with Gasteiger partial charge >= 0.3 is 0 Å². The van der Waals surface area contributed by atoms with Crippen LogP contribution in [-0.2, 0) is 0 Å². The number of nitrogens with zero attached hydrogens (tertiary/aromatic N) is 3. The van der Waals surface area contributed by atoms with Crippen LogP contribution in [0.1, 0.15) is 61.7 Å². The van der Waals surface area contributed by atoms with Gasteiger partial charge in [0, 0.05) is 42.9 Å². The second-order valence-corrected chi connectivity index (χ2v) is 7.82. The SMILES string of the molecule is O=C(Nc1ccc(N2CCCCC2)cc1)c1cnc(NC2CCCCC2)nc1. The lowest BCUT2D eigenvalue weighted by atomic mass is 9.96. The van der Waals surface area contributed by atoms with Gasteiger partial charge in [-0.1, -0.05) is 19.3 Å². The van der Waals surface area contributed by atoms with Gasteiger partial charge in [-0.05, 0) is 56.4 Å². The third-order valence-electron chi connectivity index (χ3n) is 5.70. The molecule has 2 aromatic rings. The highest BCUT2D eigenvalue weighted by atomic mass is 16.1. The molecule has 1 aliphatic heterocycles. The number of anilines is 3. The minimum absolute atomic E-state index is 0.185. The Labute approximate surface area is 166 Å². The maximum atomic E-state index is 12.5. The van der Waals surface area contributed by atoms with Crippen LogP contribution in [0.15, 0.2) is 36.7 Å². The maximum absolute atomic E-state index is 12.5. The number of nitrogens with one attached hydrogen (secondary N) is 2. The van der Waals surface area contributed by atoms with Crippen LogP contribution < -0.4 is 15.5 Å². The molecular weight excluding hydrogens is 350 g/mol. The van der Waals surface area contributed by atoms with Gasteiger partial charge in [-0.25, -0.2) is 9.97 Å². The van der Waals surface area contributed by atoms with Crippen molar-refractivity contribution < 1.29 is 4.79 Å². The van der Waals surface area contributed by atoms with Crippen LogP contribution in [0.4, 0.5) is 17.3 Å². The molecule has 0 spiro atoms. The second-order valence-electron chi connectivity index (χ2n) is 7.82. The second kappa shape index (κ2) is 9.04. The van der Waals surface area contributed by atoms with Crippen molar-refractivity contribution in [1.82, 2.24) is 9.97 Å². The molecule has 2 fully saturated rings. The highest BCUT2D eigenvalue weighted by molar-refractivity contribution is 6.03. The van der Waals surface area contributed by atoms with Gasteiger partial charge in [0.2, 0.25) is 5.95 Å². The first-order valence-corrected chi connectivity index (χ1v) is 10.5. The fourth-order valence-electron chi connectivity index (χ4n) is 4.06. The van der Waals surface area contributed by atoms with Crippen molar-refractivity contribution in [3.63, 3.8) is 0 Å². The Morgan fingerprint density at radius 2 is 1.54 bits per heavy atom. The molecule has 4 rings (SSSR count). The van der Waals surface area contributed by atoms with Gasteiger partial charge in [0.25, 0.3) is 5.91 Å². The summed E-state index contributed by atoms with van der Waals surface area (Å²) in [5.74, 6) is 0.421. The summed E-state index contributed by atoms with van der Waals surface area (Å²) in [6.45, 7) is 2.23. The molecule has 148 valence electrons. The van der Waals surface area contributed by atoms with Gasteiger partial charge in [0.1, 0.15) is 0 Å². The van der Waals surface area contributed by atoms with Gasteiger partial charge in [-0.2, -0.15) is 0 Å². The number of amides is 1. The quantitative estimate of drug-likeness (QED) is 0.802. The summed E-state index contributed by atoms with van der Waals surface area (Å²) in [5.41, 5.74) is 2.48. The first-order valence-electron chi connectivity index (χ1n) is 10.5. The highest BCUT2D eigenvalue weighted by Gasteiger charge is 2.15. The molecule has 2 aliphatic rings. The van der Waals surface area contributed by atoms with E-state index in [9.17, 15) is 4.79 Å². The van der Waals surface area contributed by atoms with Gasteiger partial charge in [-0.15, -0.1) is 0 Å². The molecule has 0 unspecified atom stereocenters. The van der Waals surface area contributed by atoms with E-state index in [1.54, 1.807) is 12.4 Å². The minimum Gasteiger partial charge on any atom is -0.372 e. The van der Waals surface area contributed by atoms with Crippen LogP contribution in [0.25, 0.3) is 0 Å². The van der Waals surface area contributed by atoms with E-state index in [0.717, 1.165) is 18.8 Å². The smallest absolute Gasteiger partial charge is 0.258 e. The Balaban J connectivity index is 1.32. The maximum Gasteiger partial charge on any atom is 0.258 e. The first-order chi connectivity index (χ1) is 13.8. The van der Waals surface area contributed by atoms with Crippen LogP contribution in [-0.4, -0.2) is 35.0 Å². The molecule has 1 saturated carbocycles. The zero-order valence-corrected chi connectivity index (χ0v) is 16.4. The van der Waals surface area contributed by atoms with Crippen molar-refractivity contribution in [3.8, 4) is 0 Å². The van der Waals surface area contributed by atoms with Crippen LogP contribution in [0.5, 0.6) is 0 Å². The van der Waals surface area contributed by atoms with Crippen LogP contribution >= 0.6 is 0 Å². The summed E-state index contributed by atoms with van der Waals surface area (Å²) in [6, 6.07) is 8.53. The van der Waals surface area contributed by atoms with Gasteiger partial charge in [0.15, 0.2) is 0 Å². The Morgan fingerprint density at radius 1 is 0.893 bits per heavy atom. The van der Waals surface area contributed by atoms with Crippen molar-refractivity contribution in [2.45, 2.75) is 57.4 Å². The number of hydrogen-bond donors (Lipinski definition) is 2. The Bertz CT molecular complexity index is 763. The molecule has 6 nitrogen and oxygen atoms in total. The average Bonchev–Trinajstić information content (AvgIpc) is 2.76. The molecule has 2 heterocycles. The molecule has 1 saturated heterocycles. The molecule has 0 bridgehead atoms. The lowest BCUT2D eigenvalue weighted by Crippen LogP contribution is -2.29. The van der Waals surface area contributed by atoms with E-state index in [2.05, 4.69) is 37.6 Å². The third kappa shape index (κ3) is 4.80. The predicted molar refractivity (Wildman–Crippen MR) is 113 cm³/mol. The number of carbonyl (C=O) groups excluding carboxylic acids is 1. The first kappa shape index (κ1) is 18.7. The molecule has 1 aromatic carbocycles. The molecule has 1 aliphatic carbocycles. The number of piperidine rings is 1. The normalized spacial score (nSPS) is 17.9. The molecule has 0 atom stereocenters. The number of aromatic nitrogens is 2. The van der Waals surface area contributed by atoms with Crippen molar-refractivity contribution >= 4 is 23.2 Å². The van der Waals surface area contributed by atoms with Gasteiger partial charge in [0.05, 0.1) is 5.56 Å². The number of carbonyl (C=O) groups is 1. The monoisotopic (exact) mass is 379 g/mol. The Kier molecular flexibility index (Phi) is 6.04. The summed E-state index contributed by atoms with van der Waals surface area (Å²) in [4.78, 5) is 23.5. The molecule has 6 heteroatoms. The van der Waals surface area contributed by atoms with Crippen molar-refractivity contribution in [3.05, 3.63) is 42.2 Å². The molecular formula is C22H29N5O. The van der Waals surface area contributed by atoms with Crippen LogP contribution in [0.2, 0.25) is 0 Å². The zero-order valence-electron chi connectivity index (χ0n) is 16.4. The van der Waals surface area contributed by atoms with E-state index in [1.165, 1.54) is 57.1 Å². The summed E-state index contributed by atoms with van der Waals surface area (Å²) in [5, 5.41) is 6.31. The fourth-order valence-corrected chi connectivity index (χ4v) is 4.06. The van der Waals surface area contributed by atoms with Crippen LogP contribution in [0.3, 0.4) is 0 Å². The number of rotatable bonds is 5. The Hall–Kier alpha value is -2.63. The average molecular weight is 380 g/mol. The van der Waals surface area contributed by atoms with Gasteiger partial charge < -0.3 is 15.5 Å². The van der Waals surface area contributed by atoms with Crippen molar-refractivity contribution in [1.29, 1.82) is 0 Å². The van der Waals surface area contributed by atoms with Crippen LogP contribution in [0, 0.1) is 0 Å². The summed E-state index contributed by atoms with van der Waals surface area (Å²) in [6.07, 6.45) is 13.2. The molecule has 0 radical (unpaired) electrons. The zero-order chi connectivity index (χ0) is 19.2. The number of benzene rings is 1.